The van der Waals surface area contributed by atoms with Crippen molar-refractivity contribution in [1.29, 1.82) is 0 Å². The smallest absolute Gasteiger partial charge is 0.351 e. The van der Waals surface area contributed by atoms with E-state index in [9.17, 15) is 14.4 Å². The van der Waals surface area contributed by atoms with Crippen LogP contribution in [-0.2, 0) is 28.6 Å². The number of nitrogens with zero attached hydrogens (tertiary/aromatic N) is 4. The van der Waals surface area contributed by atoms with Crippen LogP contribution in [0.5, 0.6) is 0 Å². The molecule has 2 atom stereocenters. The van der Waals surface area contributed by atoms with E-state index in [1.54, 1.807) is 62.2 Å². The molecule has 0 aliphatic carbocycles. The lowest BCUT2D eigenvalue weighted by molar-refractivity contribution is -0.188. The summed E-state index contributed by atoms with van der Waals surface area (Å²) in [7, 11) is 0. The molecule has 0 unspecified atom stereocenters. The molecule has 3 heterocycles. The van der Waals surface area contributed by atoms with Crippen molar-refractivity contribution >= 4 is 23.7 Å². The lowest BCUT2D eigenvalue weighted by Crippen LogP contribution is -2.56. The fourth-order valence-electron chi connectivity index (χ4n) is 2.92. The molecule has 0 saturated carbocycles. The number of esters is 2. The molecule has 2 aromatic heterocycles. The summed E-state index contributed by atoms with van der Waals surface area (Å²) in [6.45, 7) is 6.56. The topological polar surface area (TPSA) is 113 Å². The van der Waals surface area contributed by atoms with Gasteiger partial charge in [-0.3, -0.25) is 19.5 Å². The molecule has 1 saturated heterocycles. The van der Waals surface area contributed by atoms with Gasteiger partial charge in [0.25, 0.3) is 5.91 Å². The molecule has 1 fully saturated rings. The molecule has 3 rings (SSSR count). The molecule has 2 aromatic rings. The quantitative estimate of drug-likeness (QED) is 0.670. The number of rotatable bonds is 5. The average Bonchev–Trinajstić information content (AvgIpc) is 3.16. The van der Waals surface area contributed by atoms with Crippen molar-refractivity contribution in [3.63, 3.8) is 0 Å². The van der Waals surface area contributed by atoms with Gasteiger partial charge in [0.15, 0.2) is 11.9 Å². The highest BCUT2D eigenvalue weighted by molar-refractivity contribution is 6.00. The lowest BCUT2D eigenvalue weighted by Gasteiger charge is -2.34. The van der Waals surface area contributed by atoms with Crippen LogP contribution in [0, 0.1) is 0 Å². The SMILES string of the molecule is CC(=O)O[C@@H](C(=O)OC(C)(C)C)[C@H]1OCCN(c2ccn(-c3ccncc3)n2)C1=O. The molecular weight excluding hydrogens is 392 g/mol. The van der Waals surface area contributed by atoms with Gasteiger partial charge in [-0.1, -0.05) is 0 Å². The van der Waals surface area contributed by atoms with Gasteiger partial charge in [-0.15, -0.1) is 5.10 Å². The number of ether oxygens (including phenoxy) is 3. The maximum absolute atomic E-state index is 13.1. The van der Waals surface area contributed by atoms with Gasteiger partial charge in [-0.25, -0.2) is 9.48 Å². The highest BCUT2D eigenvalue weighted by Gasteiger charge is 2.44. The zero-order chi connectivity index (χ0) is 21.9. The summed E-state index contributed by atoms with van der Waals surface area (Å²) >= 11 is 0. The summed E-state index contributed by atoms with van der Waals surface area (Å²) in [4.78, 5) is 42.6. The molecule has 0 bridgehead atoms. The van der Waals surface area contributed by atoms with Crippen LogP contribution in [0.15, 0.2) is 36.8 Å². The van der Waals surface area contributed by atoms with Gasteiger partial charge < -0.3 is 14.2 Å². The summed E-state index contributed by atoms with van der Waals surface area (Å²) < 4.78 is 17.5. The standard InChI is InChI=1S/C20H24N4O6/c1-13(25)29-17(19(27)30-20(2,3)4)16-18(26)23(11-12-28-16)15-7-10-24(22-15)14-5-8-21-9-6-14/h5-10,16-17H,11-12H2,1-4H3/t16-,17-/m1/s1. The summed E-state index contributed by atoms with van der Waals surface area (Å²) in [6.07, 6.45) is 2.14. The second-order valence-electron chi connectivity index (χ2n) is 7.67. The van der Waals surface area contributed by atoms with Gasteiger partial charge in [0.2, 0.25) is 6.10 Å². The van der Waals surface area contributed by atoms with E-state index in [0.29, 0.717) is 5.82 Å². The van der Waals surface area contributed by atoms with Crippen LogP contribution in [0.3, 0.4) is 0 Å². The van der Waals surface area contributed by atoms with Gasteiger partial charge in [0.05, 0.1) is 18.8 Å². The van der Waals surface area contributed by atoms with Crippen LogP contribution in [0.4, 0.5) is 5.82 Å². The fourth-order valence-corrected chi connectivity index (χ4v) is 2.92. The Morgan fingerprint density at radius 1 is 1.23 bits per heavy atom. The Hall–Kier alpha value is -3.27. The molecule has 30 heavy (non-hydrogen) atoms. The van der Waals surface area contributed by atoms with Gasteiger partial charge in [-0.05, 0) is 32.9 Å². The summed E-state index contributed by atoms with van der Waals surface area (Å²) in [5.74, 6) is -1.73. The Labute approximate surface area is 173 Å². The van der Waals surface area contributed by atoms with Crippen LogP contribution in [0.25, 0.3) is 5.69 Å². The summed E-state index contributed by atoms with van der Waals surface area (Å²) in [6, 6.07) is 5.23. The van der Waals surface area contributed by atoms with Gasteiger partial charge in [-0.2, -0.15) is 0 Å². The third kappa shape index (κ3) is 5.01. The number of carbonyl (C=O) groups is 3. The van der Waals surface area contributed by atoms with E-state index < -0.39 is 35.7 Å². The minimum Gasteiger partial charge on any atom is -0.457 e. The number of carbonyl (C=O) groups excluding carboxylic acids is 3. The summed E-state index contributed by atoms with van der Waals surface area (Å²) in [5, 5.41) is 4.43. The molecule has 1 aliphatic heterocycles. The van der Waals surface area contributed by atoms with Crippen LogP contribution in [0.2, 0.25) is 0 Å². The van der Waals surface area contributed by atoms with Crippen LogP contribution < -0.4 is 4.90 Å². The predicted molar refractivity (Wildman–Crippen MR) is 105 cm³/mol. The Morgan fingerprint density at radius 2 is 1.93 bits per heavy atom. The Kier molecular flexibility index (Phi) is 6.16. The van der Waals surface area contributed by atoms with E-state index in [4.69, 9.17) is 14.2 Å². The average molecular weight is 416 g/mol. The number of pyridine rings is 1. The second kappa shape index (κ2) is 8.62. The summed E-state index contributed by atoms with van der Waals surface area (Å²) in [5.41, 5.74) is -0.0454. The Morgan fingerprint density at radius 3 is 2.57 bits per heavy atom. The van der Waals surface area contributed by atoms with Crippen molar-refractivity contribution in [2.45, 2.75) is 45.5 Å². The monoisotopic (exact) mass is 416 g/mol. The first-order valence-electron chi connectivity index (χ1n) is 9.45. The number of amides is 1. The van der Waals surface area contributed by atoms with Crippen molar-refractivity contribution in [3.05, 3.63) is 36.8 Å². The number of morpholine rings is 1. The normalized spacial score (nSPS) is 18.1. The Bertz CT molecular complexity index is 921. The Balaban J connectivity index is 1.83. The first-order valence-corrected chi connectivity index (χ1v) is 9.45. The number of anilines is 1. The molecule has 10 heteroatoms. The molecule has 0 spiro atoms. The van der Waals surface area contributed by atoms with Crippen molar-refractivity contribution in [2.75, 3.05) is 18.1 Å². The maximum atomic E-state index is 13.1. The van der Waals surface area contributed by atoms with E-state index >= 15 is 0 Å². The van der Waals surface area contributed by atoms with Crippen LogP contribution in [0.1, 0.15) is 27.7 Å². The van der Waals surface area contributed by atoms with Crippen molar-refractivity contribution in [3.8, 4) is 5.69 Å². The largest absolute Gasteiger partial charge is 0.457 e. The van der Waals surface area contributed by atoms with Crippen LogP contribution in [-0.4, -0.2) is 63.6 Å². The molecule has 10 nitrogen and oxygen atoms in total. The molecular formula is C20H24N4O6. The molecule has 0 aromatic carbocycles. The molecule has 1 amide bonds. The van der Waals surface area contributed by atoms with E-state index in [1.807, 2.05) is 0 Å². The van der Waals surface area contributed by atoms with E-state index in [1.165, 1.54) is 4.90 Å². The number of hydrogen-bond donors (Lipinski definition) is 0. The first-order chi connectivity index (χ1) is 14.2. The van der Waals surface area contributed by atoms with Gasteiger partial charge >= 0.3 is 11.9 Å². The van der Waals surface area contributed by atoms with E-state index in [-0.39, 0.29) is 13.2 Å². The highest BCUT2D eigenvalue weighted by Crippen LogP contribution is 2.22. The first kappa shape index (κ1) is 21.4. The third-order valence-electron chi connectivity index (χ3n) is 4.11. The predicted octanol–water partition coefficient (Wildman–Crippen LogP) is 1.27. The molecule has 0 N–H and O–H groups in total. The van der Waals surface area contributed by atoms with Gasteiger partial charge in [0.1, 0.15) is 5.60 Å². The minimum absolute atomic E-state index is 0.138. The van der Waals surface area contributed by atoms with E-state index in [0.717, 1.165) is 12.6 Å². The minimum atomic E-state index is -1.51. The third-order valence-corrected chi connectivity index (χ3v) is 4.11. The molecule has 0 radical (unpaired) electrons. The van der Waals surface area contributed by atoms with Crippen molar-refractivity contribution < 1.29 is 28.6 Å². The maximum Gasteiger partial charge on any atom is 0.351 e. The van der Waals surface area contributed by atoms with Crippen LogP contribution >= 0.6 is 0 Å². The lowest BCUT2D eigenvalue weighted by atomic mass is 10.1. The zero-order valence-corrected chi connectivity index (χ0v) is 17.3. The zero-order valence-electron chi connectivity index (χ0n) is 17.3. The number of hydrogen-bond acceptors (Lipinski definition) is 8. The fraction of sp³-hybridized carbons (Fsp3) is 0.450. The van der Waals surface area contributed by atoms with Crippen molar-refractivity contribution in [1.82, 2.24) is 14.8 Å². The van der Waals surface area contributed by atoms with Gasteiger partial charge in [0, 0.05) is 31.6 Å². The van der Waals surface area contributed by atoms with E-state index in [2.05, 4.69) is 10.1 Å². The molecule has 1 aliphatic rings. The highest BCUT2D eigenvalue weighted by atomic mass is 16.6. The second-order valence-corrected chi connectivity index (χ2v) is 7.67. The van der Waals surface area contributed by atoms with Crippen molar-refractivity contribution in [2.24, 2.45) is 0 Å². The molecule has 160 valence electrons. The number of aromatic nitrogens is 3.